The van der Waals surface area contributed by atoms with Gasteiger partial charge in [-0.3, -0.25) is 0 Å². The first-order chi connectivity index (χ1) is 9.26. The summed E-state index contributed by atoms with van der Waals surface area (Å²) < 4.78 is 11.5. The van der Waals surface area contributed by atoms with Gasteiger partial charge in [0.15, 0.2) is 0 Å². The summed E-state index contributed by atoms with van der Waals surface area (Å²) in [6, 6.07) is 8.93. The third kappa shape index (κ3) is 3.10. The van der Waals surface area contributed by atoms with E-state index in [9.17, 15) is 0 Å². The van der Waals surface area contributed by atoms with Gasteiger partial charge in [-0.1, -0.05) is 12.1 Å². The molecule has 3 atom stereocenters. The van der Waals surface area contributed by atoms with Crippen LogP contribution in [0.15, 0.2) is 24.3 Å². The third-order valence-electron chi connectivity index (χ3n) is 4.08. The van der Waals surface area contributed by atoms with Gasteiger partial charge < -0.3 is 14.8 Å². The normalized spacial score (nSPS) is 28.3. The maximum atomic E-state index is 5.79. The zero-order chi connectivity index (χ0) is 13.2. The van der Waals surface area contributed by atoms with Crippen molar-refractivity contribution in [1.29, 1.82) is 0 Å². The molecule has 3 rings (SSSR count). The first-order valence-corrected chi connectivity index (χ1v) is 7.31. The first-order valence-electron chi connectivity index (χ1n) is 7.31. The summed E-state index contributed by atoms with van der Waals surface area (Å²) in [7, 11) is 2.03. The Labute approximate surface area is 115 Å². The van der Waals surface area contributed by atoms with E-state index in [4.69, 9.17) is 9.47 Å². The van der Waals surface area contributed by atoms with Gasteiger partial charge in [-0.2, -0.15) is 0 Å². The second kappa shape index (κ2) is 5.51. The van der Waals surface area contributed by atoms with Crippen molar-refractivity contribution in [2.45, 2.75) is 44.4 Å². The van der Waals surface area contributed by atoms with E-state index >= 15 is 0 Å². The van der Waals surface area contributed by atoms with Gasteiger partial charge in [0.05, 0.1) is 18.8 Å². The van der Waals surface area contributed by atoms with Crippen LogP contribution in [0.25, 0.3) is 0 Å². The zero-order valence-corrected chi connectivity index (χ0v) is 11.8. The minimum absolute atomic E-state index is 0.375. The summed E-state index contributed by atoms with van der Waals surface area (Å²) in [5.41, 5.74) is 1.33. The van der Waals surface area contributed by atoms with Gasteiger partial charge in [-0.25, -0.2) is 0 Å². The van der Waals surface area contributed by atoms with E-state index in [0.29, 0.717) is 24.2 Å². The van der Waals surface area contributed by atoms with E-state index in [1.807, 2.05) is 7.05 Å². The van der Waals surface area contributed by atoms with Crippen LogP contribution in [0.5, 0.6) is 5.75 Å². The van der Waals surface area contributed by atoms with Crippen LogP contribution < -0.4 is 10.1 Å². The predicted octanol–water partition coefficient (Wildman–Crippen LogP) is 2.91. The standard InChI is InChI=1S/C16H23NO2/c1-11-9-13(10-18-11)16(17-2)12-3-5-14(6-4-12)19-15-7-8-15/h3-6,11,13,15-17H,7-10H2,1-2H3. The lowest BCUT2D eigenvalue weighted by Gasteiger charge is -2.22. The number of hydrogen-bond acceptors (Lipinski definition) is 3. The summed E-state index contributed by atoms with van der Waals surface area (Å²) in [4.78, 5) is 0. The summed E-state index contributed by atoms with van der Waals surface area (Å²) >= 11 is 0. The molecule has 2 aliphatic rings. The van der Waals surface area contributed by atoms with Crippen molar-refractivity contribution in [1.82, 2.24) is 5.32 Å². The van der Waals surface area contributed by atoms with E-state index in [1.165, 1.54) is 18.4 Å². The average molecular weight is 261 g/mol. The third-order valence-corrected chi connectivity index (χ3v) is 4.08. The molecular formula is C16H23NO2. The number of ether oxygens (including phenoxy) is 2. The van der Waals surface area contributed by atoms with Crippen molar-refractivity contribution in [3.63, 3.8) is 0 Å². The highest BCUT2D eigenvalue weighted by Gasteiger charge is 2.30. The van der Waals surface area contributed by atoms with Crippen molar-refractivity contribution in [2.24, 2.45) is 5.92 Å². The van der Waals surface area contributed by atoms with Crippen LogP contribution in [0.1, 0.15) is 37.8 Å². The minimum atomic E-state index is 0.375. The van der Waals surface area contributed by atoms with E-state index < -0.39 is 0 Å². The molecule has 3 nitrogen and oxygen atoms in total. The average Bonchev–Trinajstić information content (AvgIpc) is 3.13. The van der Waals surface area contributed by atoms with Crippen molar-refractivity contribution in [2.75, 3.05) is 13.7 Å². The Bertz CT molecular complexity index is 413. The molecule has 0 amide bonds. The molecule has 3 heteroatoms. The van der Waals surface area contributed by atoms with Crippen molar-refractivity contribution >= 4 is 0 Å². The van der Waals surface area contributed by atoms with Gasteiger partial charge in [0.25, 0.3) is 0 Å². The van der Waals surface area contributed by atoms with Gasteiger partial charge >= 0.3 is 0 Å². The molecule has 0 aromatic heterocycles. The Morgan fingerprint density at radius 3 is 2.53 bits per heavy atom. The molecule has 1 heterocycles. The first kappa shape index (κ1) is 12.9. The molecule has 0 radical (unpaired) electrons. The van der Waals surface area contributed by atoms with Gasteiger partial charge in [0.1, 0.15) is 5.75 Å². The fraction of sp³-hybridized carbons (Fsp3) is 0.625. The smallest absolute Gasteiger partial charge is 0.119 e. The van der Waals surface area contributed by atoms with Crippen molar-refractivity contribution in [3.05, 3.63) is 29.8 Å². The number of rotatable bonds is 5. The van der Waals surface area contributed by atoms with Gasteiger partial charge in [0, 0.05) is 12.0 Å². The van der Waals surface area contributed by atoms with Crippen LogP contribution in [-0.4, -0.2) is 25.9 Å². The maximum absolute atomic E-state index is 5.79. The maximum Gasteiger partial charge on any atom is 0.119 e. The van der Waals surface area contributed by atoms with Gasteiger partial charge in [0.2, 0.25) is 0 Å². The Hall–Kier alpha value is -1.06. The van der Waals surface area contributed by atoms with E-state index in [-0.39, 0.29) is 0 Å². The summed E-state index contributed by atoms with van der Waals surface area (Å²) in [6.45, 7) is 3.01. The molecule has 1 aliphatic heterocycles. The molecule has 3 unspecified atom stereocenters. The van der Waals surface area contributed by atoms with Crippen LogP contribution >= 0.6 is 0 Å². The van der Waals surface area contributed by atoms with Crippen molar-refractivity contribution in [3.8, 4) is 5.75 Å². The fourth-order valence-electron chi connectivity index (χ4n) is 2.89. The molecule has 0 bridgehead atoms. The molecule has 1 aromatic rings. The molecule has 104 valence electrons. The number of hydrogen-bond donors (Lipinski definition) is 1. The second-order valence-electron chi connectivity index (χ2n) is 5.79. The lowest BCUT2D eigenvalue weighted by molar-refractivity contribution is 0.117. The monoisotopic (exact) mass is 261 g/mol. The number of benzene rings is 1. The topological polar surface area (TPSA) is 30.5 Å². The van der Waals surface area contributed by atoms with E-state index in [1.54, 1.807) is 0 Å². The molecular weight excluding hydrogens is 238 g/mol. The molecule has 1 aliphatic carbocycles. The molecule has 0 spiro atoms. The molecule has 1 N–H and O–H groups in total. The molecule has 1 saturated heterocycles. The van der Waals surface area contributed by atoms with E-state index in [2.05, 4.69) is 36.5 Å². The fourth-order valence-corrected chi connectivity index (χ4v) is 2.89. The Morgan fingerprint density at radius 1 is 1.26 bits per heavy atom. The lowest BCUT2D eigenvalue weighted by Crippen LogP contribution is -2.25. The minimum Gasteiger partial charge on any atom is -0.490 e. The highest BCUT2D eigenvalue weighted by Crippen LogP contribution is 2.33. The van der Waals surface area contributed by atoms with Crippen LogP contribution in [0.2, 0.25) is 0 Å². The molecule has 1 aromatic carbocycles. The lowest BCUT2D eigenvalue weighted by atomic mass is 9.91. The largest absolute Gasteiger partial charge is 0.490 e. The van der Waals surface area contributed by atoms with Crippen LogP contribution in [0, 0.1) is 5.92 Å². The van der Waals surface area contributed by atoms with Gasteiger partial charge in [-0.05, 0) is 50.9 Å². The van der Waals surface area contributed by atoms with Crippen LogP contribution in [0.4, 0.5) is 0 Å². The number of nitrogens with one attached hydrogen (secondary N) is 1. The van der Waals surface area contributed by atoms with E-state index in [0.717, 1.165) is 18.8 Å². The van der Waals surface area contributed by atoms with Crippen LogP contribution in [0.3, 0.4) is 0 Å². The summed E-state index contributed by atoms with van der Waals surface area (Å²) in [5, 5.41) is 3.43. The zero-order valence-electron chi connectivity index (χ0n) is 11.8. The molecule has 1 saturated carbocycles. The Kier molecular flexibility index (Phi) is 3.76. The molecule has 19 heavy (non-hydrogen) atoms. The predicted molar refractivity (Wildman–Crippen MR) is 75.4 cm³/mol. The van der Waals surface area contributed by atoms with Crippen molar-refractivity contribution < 1.29 is 9.47 Å². The Morgan fingerprint density at radius 2 is 2.00 bits per heavy atom. The second-order valence-corrected chi connectivity index (χ2v) is 5.79. The highest BCUT2D eigenvalue weighted by molar-refractivity contribution is 5.30. The quantitative estimate of drug-likeness (QED) is 0.884. The summed E-state index contributed by atoms with van der Waals surface area (Å²) in [6.07, 6.45) is 4.40. The molecule has 2 fully saturated rings. The summed E-state index contributed by atoms with van der Waals surface area (Å²) in [5.74, 6) is 1.56. The SMILES string of the molecule is CNC(c1ccc(OC2CC2)cc1)C1COC(C)C1. The van der Waals surface area contributed by atoms with Crippen LogP contribution in [-0.2, 0) is 4.74 Å². The van der Waals surface area contributed by atoms with Gasteiger partial charge in [-0.15, -0.1) is 0 Å². The highest BCUT2D eigenvalue weighted by atomic mass is 16.5. The Balaban J connectivity index is 1.68.